The molecule has 0 heterocycles. The molecule has 0 bridgehead atoms. The van der Waals surface area contributed by atoms with Gasteiger partial charge in [-0.1, -0.05) is 19.1 Å². The summed E-state index contributed by atoms with van der Waals surface area (Å²) in [7, 11) is 1.60. The van der Waals surface area contributed by atoms with Gasteiger partial charge < -0.3 is 15.2 Å². The van der Waals surface area contributed by atoms with Crippen molar-refractivity contribution in [3.8, 4) is 5.75 Å². The molecule has 0 fully saturated rings. The molecule has 5 heteroatoms. The molecule has 0 unspecified atom stereocenters. The molecule has 1 atom stereocenters. The summed E-state index contributed by atoms with van der Waals surface area (Å²) in [5.41, 5.74) is 0.538. The van der Waals surface area contributed by atoms with Crippen LogP contribution in [0, 0.1) is 0 Å². The van der Waals surface area contributed by atoms with Gasteiger partial charge in [-0.3, -0.25) is 9.69 Å². The monoisotopic (exact) mass is 308 g/mol. The molecule has 2 N–H and O–H groups in total. The highest BCUT2D eigenvalue weighted by Gasteiger charge is 2.18. The summed E-state index contributed by atoms with van der Waals surface area (Å²) in [4.78, 5) is 13.9. The first-order valence-corrected chi connectivity index (χ1v) is 7.60. The summed E-state index contributed by atoms with van der Waals surface area (Å²) in [6.45, 7) is 9.20. The zero-order valence-electron chi connectivity index (χ0n) is 14.2. The molecule has 1 aromatic carbocycles. The summed E-state index contributed by atoms with van der Waals surface area (Å²) in [6.07, 6.45) is -0.655. The molecule has 0 saturated carbocycles. The molecule has 0 aliphatic rings. The molecular formula is C17H28N2O3. The normalized spacial score (nSPS) is 13.0. The van der Waals surface area contributed by atoms with Crippen LogP contribution in [0.15, 0.2) is 24.3 Å². The topological polar surface area (TPSA) is 61.8 Å². The summed E-state index contributed by atoms with van der Waals surface area (Å²) in [5.74, 6) is 0.678. The molecule has 0 spiro atoms. The van der Waals surface area contributed by atoms with Gasteiger partial charge >= 0.3 is 0 Å². The fraction of sp³-hybridized carbons (Fsp3) is 0.588. The Morgan fingerprint density at radius 2 is 2.09 bits per heavy atom. The smallest absolute Gasteiger partial charge is 0.234 e. The Bertz CT molecular complexity index is 483. The average molecular weight is 308 g/mol. The first-order valence-electron chi connectivity index (χ1n) is 7.60. The van der Waals surface area contributed by atoms with Crippen molar-refractivity contribution in [2.75, 3.05) is 26.7 Å². The molecule has 22 heavy (non-hydrogen) atoms. The van der Waals surface area contributed by atoms with Gasteiger partial charge in [0, 0.05) is 12.1 Å². The van der Waals surface area contributed by atoms with E-state index in [1.807, 2.05) is 56.9 Å². The Labute approximate surface area is 133 Å². The van der Waals surface area contributed by atoms with Gasteiger partial charge in [0.05, 0.1) is 19.8 Å². The summed E-state index contributed by atoms with van der Waals surface area (Å²) < 4.78 is 5.17. The number of hydrogen-bond acceptors (Lipinski definition) is 4. The number of nitrogens with zero attached hydrogens (tertiary/aromatic N) is 1. The SMILES string of the molecule is CCN(CC(=O)NC(C)(C)C)C[C@@H](O)c1cccc(OC)c1. The van der Waals surface area contributed by atoms with E-state index in [2.05, 4.69) is 5.32 Å². The van der Waals surface area contributed by atoms with Crippen LogP contribution in [0.4, 0.5) is 0 Å². The van der Waals surface area contributed by atoms with Crippen molar-refractivity contribution in [1.29, 1.82) is 0 Å². The second-order valence-electron chi connectivity index (χ2n) is 6.42. The molecule has 1 aromatic rings. The zero-order valence-corrected chi connectivity index (χ0v) is 14.2. The third-order valence-corrected chi connectivity index (χ3v) is 3.24. The van der Waals surface area contributed by atoms with Crippen molar-refractivity contribution < 1.29 is 14.6 Å². The quantitative estimate of drug-likeness (QED) is 0.808. The summed E-state index contributed by atoms with van der Waals surface area (Å²) in [6, 6.07) is 7.36. The summed E-state index contributed by atoms with van der Waals surface area (Å²) >= 11 is 0. The highest BCUT2D eigenvalue weighted by Crippen LogP contribution is 2.19. The van der Waals surface area contributed by atoms with Crippen molar-refractivity contribution in [3.63, 3.8) is 0 Å². The van der Waals surface area contributed by atoms with E-state index >= 15 is 0 Å². The van der Waals surface area contributed by atoms with E-state index in [1.54, 1.807) is 7.11 Å². The van der Waals surface area contributed by atoms with E-state index in [4.69, 9.17) is 4.74 Å². The van der Waals surface area contributed by atoms with Gasteiger partial charge in [0.1, 0.15) is 5.75 Å². The Hall–Kier alpha value is -1.59. The lowest BCUT2D eigenvalue weighted by molar-refractivity contribution is -0.123. The van der Waals surface area contributed by atoms with E-state index in [0.29, 0.717) is 18.8 Å². The average Bonchev–Trinajstić information content (AvgIpc) is 2.44. The maximum Gasteiger partial charge on any atom is 0.234 e. The predicted octanol–water partition coefficient (Wildman–Crippen LogP) is 1.97. The van der Waals surface area contributed by atoms with Gasteiger partial charge in [0.25, 0.3) is 0 Å². The fourth-order valence-electron chi connectivity index (χ4n) is 2.17. The van der Waals surface area contributed by atoms with Gasteiger partial charge in [-0.2, -0.15) is 0 Å². The van der Waals surface area contributed by atoms with Crippen LogP contribution in [0.2, 0.25) is 0 Å². The minimum absolute atomic E-state index is 0.0350. The summed E-state index contributed by atoms with van der Waals surface area (Å²) in [5, 5.41) is 13.3. The van der Waals surface area contributed by atoms with Crippen LogP contribution in [-0.4, -0.2) is 48.2 Å². The highest BCUT2D eigenvalue weighted by atomic mass is 16.5. The molecular weight excluding hydrogens is 280 g/mol. The zero-order chi connectivity index (χ0) is 16.8. The van der Waals surface area contributed by atoms with Gasteiger partial charge in [0.15, 0.2) is 0 Å². The van der Waals surface area contributed by atoms with Crippen molar-refractivity contribution in [2.45, 2.75) is 39.3 Å². The number of benzene rings is 1. The van der Waals surface area contributed by atoms with Crippen LogP contribution in [0.3, 0.4) is 0 Å². The molecule has 1 rings (SSSR count). The van der Waals surface area contributed by atoms with Gasteiger partial charge in [-0.05, 0) is 45.0 Å². The van der Waals surface area contributed by atoms with E-state index in [-0.39, 0.29) is 18.0 Å². The Balaban J connectivity index is 2.63. The number of ether oxygens (including phenoxy) is 1. The van der Waals surface area contributed by atoms with E-state index in [1.165, 1.54) is 0 Å². The van der Waals surface area contributed by atoms with Crippen molar-refractivity contribution in [3.05, 3.63) is 29.8 Å². The third kappa shape index (κ3) is 6.45. The number of carbonyl (C=O) groups is 1. The lowest BCUT2D eigenvalue weighted by Crippen LogP contribution is -2.46. The van der Waals surface area contributed by atoms with Gasteiger partial charge in [-0.15, -0.1) is 0 Å². The molecule has 5 nitrogen and oxygen atoms in total. The van der Waals surface area contributed by atoms with Crippen LogP contribution in [0.25, 0.3) is 0 Å². The Morgan fingerprint density at radius 3 is 2.64 bits per heavy atom. The maximum atomic E-state index is 12.0. The number of rotatable bonds is 7. The van der Waals surface area contributed by atoms with Crippen LogP contribution in [0.1, 0.15) is 39.4 Å². The number of carbonyl (C=O) groups excluding carboxylic acids is 1. The first-order chi connectivity index (χ1) is 10.2. The van der Waals surface area contributed by atoms with Crippen molar-refractivity contribution in [2.24, 2.45) is 0 Å². The lowest BCUT2D eigenvalue weighted by atomic mass is 10.1. The van der Waals surface area contributed by atoms with Crippen LogP contribution in [0.5, 0.6) is 5.75 Å². The predicted molar refractivity (Wildman–Crippen MR) is 88.0 cm³/mol. The number of nitrogens with one attached hydrogen (secondary N) is 1. The van der Waals surface area contributed by atoms with Crippen LogP contribution in [-0.2, 0) is 4.79 Å². The highest BCUT2D eigenvalue weighted by molar-refractivity contribution is 5.78. The Kier molecular flexibility index (Phi) is 6.84. The van der Waals surface area contributed by atoms with Crippen molar-refractivity contribution in [1.82, 2.24) is 10.2 Å². The minimum atomic E-state index is -0.655. The second-order valence-corrected chi connectivity index (χ2v) is 6.42. The van der Waals surface area contributed by atoms with Crippen LogP contribution >= 0.6 is 0 Å². The van der Waals surface area contributed by atoms with E-state index < -0.39 is 6.10 Å². The molecule has 0 saturated heterocycles. The molecule has 1 amide bonds. The lowest BCUT2D eigenvalue weighted by Gasteiger charge is -2.26. The molecule has 0 radical (unpaired) electrons. The second kappa shape index (κ2) is 8.15. The number of hydrogen-bond donors (Lipinski definition) is 2. The van der Waals surface area contributed by atoms with E-state index in [0.717, 1.165) is 5.56 Å². The third-order valence-electron chi connectivity index (χ3n) is 3.24. The number of aliphatic hydroxyl groups excluding tert-OH is 1. The molecule has 0 aliphatic heterocycles. The number of aliphatic hydroxyl groups is 1. The molecule has 124 valence electrons. The van der Waals surface area contributed by atoms with Crippen molar-refractivity contribution >= 4 is 5.91 Å². The number of likely N-dealkylation sites (N-methyl/N-ethyl adjacent to an activating group) is 1. The number of methoxy groups -OCH3 is 1. The number of amides is 1. The Morgan fingerprint density at radius 1 is 1.41 bits per heavy atom. The largest absolute Gasteiger partial charge is 0.497 e. The van der Waals surface area contributed by atoms with Crippen LogP contribution < -0.4 is 10.1 Å². The van der Waals surface area contributed by atoms with Gasteiger partial charge in [-0.25, -0.2) is 0 Å². The fourth-order valence-corrected chi connectivity index (χ4v) is 2.17. The first kappa shape index (κ1) is 18.5. The maximum absolute atomic E-state index is 12.0. The molecule has 0 aromatic heterocycles. The van der Waals surface area contributed by atoms with Gasteiger partial charge in [0.2, 0.25) is 5.91 Å². The minimum Gasteiger partial charge on any atom is -0.497 e. The molecule has 0 aliphatic carbocycles. The standard InChI is InChI=1S/C17H28N2O3/c1-6-19(12-16(21)18-17(2,3)4)11-15(20)13-8-7-9-14(10-13)22-5/h7-10,15,20H,6,11-12H2,1-5H3,(H,18,21)/t15-/m1/s1. The van der Waals surface area contributed by atoms with E-state index in [9.17, 15) is 9.90 Å².